The van der Waals surface area contributed by atoms with Crippen molar-refractivity contribution in [2.24, 2.45) is 5.92 Å². The highest BCUT2D eigenvalue weighted by Gasteiger charge is 2.34. The molecule has 0 unspecified atom stereocenters. The fourth-order valence-electron chi connectivity index (χ4n) is 3.34. The quantitative estimate of drug-likeness (QED) is 0.874. The summed E-state index contributed by atoms with van der Waals surface area (Å²) in [4.78, 5) is 14.3. The molecule has 0 aliphatic carbocycles. The van der Waals surface area contributed by atoms with Gasteiger partial charge in [-0.25, -0.2) is 0 Å². The third kappa shape index (κ3) is 3.41. The number of amides is 1. The van der Waals surface area contributed by atoms with Crippen molar-refractivity contribution in [2.45, 2.75) is 18.9 Å². The van der Waals surface area contributed by atoms with Crippen molar-refractivity contribution in [3.05, 3.63) is 29.8 Å². The number of hydrogen-bond donors (Lipinski definition) is 2. The van der Waals surface area contributed by atoms with Gasteiger partial charge in [0.25, 0.3) is 0 Å². The molecule has 2 saturated heterocycles. The van der Waals surface area contributed by atoms with E-state index < -0.39 is 0 Å². The molecule has 2 heterocycles. The van der Waals surface area contributed by atoms with Crippen LogP contribution in [0.5, 0.6) is 0 Å². The molecule has 2 N–H and O–H groups in total. The molecule has 21 heavy (non-hydrogen) atoms. The van der Waals surface area contributed by atoms with Crippen LogP contribution in [0.25, 0.3) is 0 Å². The molecule has 1 aromatic carbocycles. The molecule has 0 saturated carbocycles. The molecular formula is C16H20N4O. The number of benzene rings is 1. The second-order valence-electron chi connectivity index (χ2n) is 5.90. The molecule has 110 valence electrons. The van der Waals surface area contributed by atoms with Crippen molar-refractivity contribution in [1.82, 2.24) is 10.2 Å². The van der Waals surface area contributed by atoms with Gasteiger partial charge in [-0.3, -0.25) is 9.69 Å². The van der Waals surface area contributed by atoms with Gasteiger partial charge in [-0.2, -0.15) is 5.26 Å². The first kappa shape index (κ1) is 14.1. The molecule has 5 heteroatoms. The van der Waals surface area contributed by atoms with Crippen molar-refractivity contribution < 1.29 is 4.79 Å². The average Bonchev–Trinajstić information content (AvgIpc) is 2.89. The van der Waals surface area contributed by atoms with E-state index in [0.717, 1.165) is 19.6 Å². The highest BCUT2D eigenvalue weighted by molar-refractivity contribution is 5.92. The topological polar surface area (TPSA) is 68.2 Å². The first-order valence-corrected chi connectivity index (χ1v) is 7.50. The summed E-state index contributed by atoms with van der Waals surface area (Å²) in [5.41, 5.74) is 1.25. The second kappa shape index (κ2) is 6.25. The number of fused-ring (bicyclic) bond motifs is 1. The maximum Gasteiger partial charge on any atom is 0.238 e. The zero-order chi connectivity index (χ0) is 14.7. The fraction of sp³-hybridized carbons (Fsp3) is 0.500. The summed E-state index contributed by atoms with van der Waals surface area (Å²) in [6, 6.07) is 9.64. The van der Waals surface area contributed by atoms with E-state index in [2.05, 4.69) is 21.6 Å². The number of likely N-dealkylation sites (tertiary alicyclic amines) is 1. The molecule has 3 rings (SSSR count). The largest absolute Gasteiger partial charge is 0.325 e. The number of hydrogen-bond acceptors (Lipinski definition) is 4. The number of rotatable bonds is 3. The van der Waals surface area contributed by atoms with Crippen LogP contribution in [0.1, 0.15) is 18.4 Å². The van der Waals surface area contributed by atoms with Gasteiger partial charge in [-0.15, -0.1) is 0 Å². The normalized spacial score (nSPS) is 25.1. The zero-order valence-electron chi connectivity index (χ0n) is 12.0. The molecule has 1 aromatic rings. The highest BCUT2D eigenvalue weighted by atomic mass is 16.2. The Morgan fingerprint density at radius 2 is 2.38 bits per heavy atom. The Labute approximate surface area is 124 Å². The van der Waals surface area contributed by atoms with Crippen molar-refractivity contribution in [1.29, 1.82) is 5.26 Å². The lowest BCUT2D eigenvalue weighted by molar-refractivity contribution is -0.117. The predicted octanol–water partition coefficient (Wildman–Crippen LogP) is 1.18. The van der Waals surface area contributed by atoms with Crippen molar-refractivity contribution in [2.75, 3.05) is 31.5 Å². The molecule has 2 fully saturated rings. The Bertz CT molecular complexity index is 552. The predicted molar refractivity (Wildman–Crippen MR) is 80.7 cm³/mol. The fourth-order valence-corrected chi connectivity index (χ4v) is 3.34. The van der Waals surface area contributed by atoms with E-state index in [1.165, 1.54) is 12.8 Å². The minimum Gasteiger partial charge on any atom is -0.325 e. The van der Waals surface area contributed by atoms with E-state index in [4.69, 9.17) is 5.26 Å². The van der Waals surface area contributed by atoms with E-state index in [9.17, 15) is 4.79 Å². The van der Waals surface area contributed by atoms with E-state index in [0.29, 0.717) is 29.8 Å². The number of carbonyl (C=O) groups is 1. The lowest BCUT2D eigenvalue weighted by atomic mass is 9.94. The first-order chi connectivity index (χ1) is 10.2. The van der Waals surface area contributed by atoms with Gasteiger partial charge in [0.15, 0.2) is 0 Å². The molecule has 0 aromatic heterocycles. The molecule has 0 bridgehead atoms. The van der Waals surface area contributed by atoms with Gasteiger partial charge in [0.2, 0.25) is 5.91 Å². The minimum atomic E-state index is -0.0104. The van der Waals surface area contributed by atoms with Crippen LogP contribution in [-0.4, -0.2) is 43.0 Å². The number of carbonyl (C=O) groups excluding carboxylic acids is 1. The number of nitrogens with zero attached hydrogens (tertiary/aromatic N) is 2. The minimum absolute atomic E-state index is 0.0104. The molecule has 2 atom stereocenters. The summed E-state index contributed by atoms with van der Waals surface area (Å²) in [6.07, 6.45) is 2.50. The van der Waals surface area contributed by atoms with Crippen LogP contribution in [0.2, 0.25) is 0 Å². The summed E-state index contributed by atoms with van der Waals surface area (Å²) >= 11 is 0. The van der Waals surface area contributed by atoms with E-state index in [1.54, 1.807) is 18.2 Å². The lowest BCUT2D eigenvalue weighted by Gasteiger charge is -2.24. The standard InChI is InChI=1S/C16H20N4O/c17-8-12-3-1-5-14(7-12)19-16(21)11-20-9-13-4-2-6-18-15(13)10-20/h1,3,5,7,13,15,18H,2,4,6,9-11H2,(H,19,21)/t13-,15+/m0/s1. The van der Waals surface area contributed by atoms with Crippen molar-refractivity contribution in [3.8, 4) is 6.07 Å². The molecule has 2 aliphatic heterocycles. The molecule has 1 amide bonds. The van der Waals surface area contributed by atoms with Crippen LogP contribution in [-0.2, 0) is 4.79 Å². The summed E-state index contributed by atoms with van der Waals surface area (Å²) < 4.78 is 0. The third-order valence-electron chi connectivity index (χ3n) is 4.32. The summed E-state index contributed by atoms with van der Waals surface area (Å²) in [5.74, 6) is 0.678. The molecule has 2 aliphatic rings. The summed E-state index contributed by atoms with van der Waals surface area (Å²) in [5, 5.41) is 15.3. The lowest BCUT2D eigenvalue weighted by Crippen LogP contribution is -2.41. The third-order valence-corrected chi connectivity index (χ3v) is 4.32. The van der Waals surface area contributed by atoms with Crippen LogP contribution in [0.4, 0.5) is 5.69 Å². The van der Waals surface area contributed by atoms with Gasteiger partial charge in [0.05, 0.1) is 18.2 Å². The Kier molecular flexibility index (Phi) is 4.18. The maximum absolute atomic E-state index is 12.1. The van der Waals surface area contributed by atoms with Crippen molar-refractivity contribution in [3.63, 3.8) is 0 Å². The highest BCUT2D eigenvalue weighted by Crippen LogP contribution is 2.24. The van der Waals surface area contributed by atoms with E-state index in [-0.39, 0.29) is 5.91 Å². The van der Waals surface area contributed by atoms with Crippen LogP contribution < -0.4 is 10.6 Å². The first-order valence-electron chi connectivity index (χ1n) is 7.50. The van der Waals surface area contributed by atoms with Crippen LogP contribution in [0.15, 0.2) is 24.3 Å². The number of nitrogens with one attached hydrogen (secondary N) is 2. The smallest absolute Gasteiger partial charge is 0.238 e. The SMILES string of the molecule is N#Cc1cccc(NC(=O)CN2C[C@@H]3CCCN[C@@H]3C2)c1. The average molecular weight is 284 g/mol. The van der Waals surface area contributed by atoms with Gasteiger partial charge in [0.1, 0.15) is 0 Å². The van der Waals surface area contributed by atoms with Gasteiger partial charge >= 0.3 is 0 Å². The van der Waals surface area contributed by atoms with Gasteiger partial charge < -0.3 is 10.6 Å². The molecule has 0 radical (unpaired) electrons. The number of piperidine rings is 1. The summed E-state index contributed by atoms with van der Waals surface area (Å²) in [6.45, 7) is 3.48. The summed E-state index contributed by atoms with van der Waals surface area (Å²) in [7, 11) is 0. The molecule has 0 spiro atoms. The van der Waals surface area contributed by atoms with Gasteiger partial charge in [0, 0.05) is 24.8 Å². The zero-order valence-corrected chi connectivity index (χ0v) is 12.0. The maximum atomic E-state index is 12.1. The number of nitriles is 1. The Morgan fingerprint density at radius 3 is 3.19 bits per heavy atom. The Balaban J connectivity index is 1.53. The van der Waals surface area contributed by atoms with E-state index >= 15 is 0 Å². The molecular weight excluding hydrogens is 264 g/mol. The van der Waals surface area contributed by atoms with Crippen LogP contribution in [0.3, 0.4) is 0 Å². The number of anilines is 1. The van der Waals surface area contributed by atoms with Gasteiger partial charge in [-0.05, 0) is 43.5 Å². The Morgan fingerprint density at radius 1 is 1.48 bits per heavy atom. The Hall–Kier alpha value is -1.90. The van der Waals surface area contributed by atoms with Crippen LogP contribution >= 0.6 is 0 Å². The van der Waals surface area contributed by atoms with E-state index in [1.807, 2.05) is 6.07 Å². The van der Waals surface area contributed by atoms with Crippen LogP contribution in [0, 0.1) is 17.2 Å². The molecule has 5 nitrogen and oxygen atoms in total. The monoisotopic (exact) mass is 284 g/mol. The van der Waals surface area contributed by atoms with Crippen molar-refractivity contribution >= 4 is 11.6 Å². The second-order valence-corrected chi connectivity index (χ2v) is 5.90. The van der Waals surface area contributed by atoms with Gasteiger partial charge in [-0.1, -0.05) is 6.07 Å².